The van der Waals surface area contributed by atoms with Gasteiger partial charge in [0.1, 0.15) is 11.5 Å². The van der Waals surface area contributed by atoms with E-state index in [1.165, 1.54) is 23.5 Å². The third-order valence-electron chi connectivity index (χ3n) is 6.43. The number of rotatable bonds is 11. The lowest BCUT2D eigenvalue weighted by molar-refractivity contribution is -0.118. The molecule has 0 spiro atoms. The normalized spacial score (nSPS) is 11.4. The minimum absolute atomic E-state index is 0.0314. The van der Waals surface area contributed by atoms with E-state index in [1.54, 1.807) is 40.6 Å². The van der Waals surface area contributed by atoms with Crippen molar-refractivity contribution >= 4 is 23.9 Å². The molecular weight excluding hydrogens is 554 g/mol. The summed E-state index contributed by atoms with van der Waals surface area (Å²) >= 11 is 1.26. The summed E-state index contributed by atoms with van der Waals surface area (Å²) in [6.45, 7) is 6.53. The molecule has 0 fully saturated rings. The molecule has 3 aromatic carbocycles. The van der Waals surface area contributed by atoms with Crippen molar-refractivity contribution in [3.05, 3.63) is 71.8 Å². The Kier molecular flexibility index (Phi) is 9.74. The molecule has 4 rings (SSSR count). The molecule has 0 saturated heterocycles. The number of hydrazone groups is 1. The van der Waals surface area contributed by atoms with E-state index in [4.69, 9.17) is 18.9 Å². The average Bonchev–Trinajstić information content (AvgIpc) is 3.43. The Bertz CT molecular complexity index is 1540. The van der Waals surface area contributed by atoms with Gasteiger partial charge in [-0.25, -0.2) is 5.43 Å². The number of carbonyl (C=O) groups is 1. The second-order valence-electron chi connectivity index (χ2n) is 10.2. The van der Waals surface area contributed by atoms with E-state index in [0.717, 1.165) is 17.0 Å². The first-order chi connectivity index (χ1) is 20.2. The molecule has 0 unspecified atom stereocenters. The lowest BCUT2D eigenvalue weighted by Gasteiger charge is -2.19. The van der Waals surface area contributed by atoms with E-state index < -0.39 is 0 Å². The van der Waals surface area contributed by atoms with Gasteiger partial charge in [0.25, 0.3) is 5.91 Å². The maximum Gasteiger partial charge on any atom is 0.250 e. The highest BCUT2D eigenvalue weighted by Gasteiger charge is 2.19. The van der Waals surface area contributed by atoms with Gasteiger partial charge in [0.05, 0.1) is 40.4 Å². The fourth-order valence-electron chi connectivity index (χ4n) is 4.12. The topological polar surface area (TPSA) is 109 Å². The van der Waals surface area contributed by atoms with Gasteiger partial charge in [-0.3, -0.25) is 9.36 Å². The molecule has 220 valence electrons. The summed E-state index contributed by atoms with van der Waals surface area (Å²) in [5.74, 6) is 2.73. The van der Waals surface area contributed by atoms with E-state index in [-0.39, 0.29) is 17.1 Å². The first-order valence-electron chi connectivity index (χ1n) is 13.1. The minimum Gasteiger partial charge on any atom is -0.497 e. The number of hydrogen-bond donors (Lipinski definition) is 1. The lowest BCUT2D eigenvalue weighted by atomic mass is 9.87. The summed E-state index contributed by atoms with van der Waals surface area (Å²) in [6.07, 6.45) is 1.49. The summed E-state index contributed by atoms with van der Waals surface area (Å²) in [5.41, 5.74) is 6.19. The molecule has 0 saturated carbocycles. The third kappa shape index (κ3) is 7.03. The van der Waals surface area contributed by atoms with Crippen LogP contribution >= 0.6 is 11.8 Å². The number of nitrogens with one attached hydrogen (secondary N) is 1. The predicted molar refractivity (Wildman–Crippen MR) is 165 cm³/mol. The Morgan fingerprint density at radius 2 is 1.52 bits per heavy atom. The van der Waals surface area contributed by atoms with Crippen molar-refractivity contribution < 1.29 is 23.7 Å². The number of hydrogen-bond acceptors (Lipinski definition) is 9. The average molecular weight is 590 g/mol. The molecule has 4 aromatic rings. The first kappa shape index (κ1) is 30.4. The van der Waals surface area contributed by atoms with Crippen LogP contribution in [-0.2, 0) is 10.2 Å². The summed E-state index contributed by atoms with van der Waals surface area (Å²) in [7, 11) is 6.25. The molecule has 1 N–H and O–H groups in total. The van der Waals surface area contributed by atoms with Crippen molar-refractivity contribution in [2.24, 2.45) is 5.10 Å². The molecule has 1 heterocycles. The van der Waals surface area contributed by atoms with Crippen LogP contribution in [0, 0.1) is 0 Å². The number of nitrogens with zero attached hydrogens (tertiary/aromatic N) is 4. The van der Waals surface area contributed by atoms with Crippen molar-refractivity contribution in [1.29, 1.82) is 0 Å². The summed E-state index contributed by atoms with van der Waals surface area (Å²) < 4.78 is 23.3. The quantitative estimate of drug-likeness (QED) is 0.139. The zero-order valence-electron chi connectivity index (χ0n) is 24.8. The van der Waals surface area contributed by atoms with Gasteiger partial charge in [-0.15, -0.1) is 10.2 Å². The Morgan fingerprint density at radius 1 is 0.881 bits per heavy atom. The van der Waals surface area contributed by atoms with Gasteiger partial charge in [-0.2, -0.15) is 5.10 Å². The van der Waals surface area contributed by atoms with Crippen LogP contribution in [0.15, 0.2) is 70.9 Å². The van der Waals surface area contributed by atoms with Crippen LogP contribution in [0.5, 0.6) is 23.0 Å². The van der Waals surface area contributed by atoms with Gasteiger partial charge in [-0.05, 0) is 41.3 Å². The predicted octanol–water partition coefficient (Wildman–Crippen LogP) is 5.51. The number of aromatic nitrogens is 3. The maximum absolute atomic E-state index is 12.7. The molecule has 42 heavy (non-hydrogen) atoms. The molecule has 11 heteroatoms. The number of amides is 1. The molecular formula is C31H35N5O5S. The van der Waals surface area contributed by atoms with Crippen LogP contribution in [0.4, 0.5) is 0 Å². The largest absolute Gasteiger partial charge is 0.497 e. The van der Waals surface area contributed by atoms with Crippen molar-refractivity contribution in [3.8, 4) is 40.1 Å². The van der Waals surface area contributed by atoms with Crippen molar-refractivity contribution in [2.75, 3.05) is 34.2 Å². The summed E-state index contributed by atoms with van der Waals surface area (Å²) in [5, 5.41) is 13.6. The van der Waals surface area contributed by atoms with E-state index >= 15 is 0 Å². The van der Waals surface area contributed by atoms with Gasteiger partial charge in [0, 0.05) is 22.9 Å². The molecule has 0 bridgehead atoms. The lowest BCUT2D eigenvalue weighted by Crippen LogP contribution is -2.20. The van der Waals surface area contributed by atoms with Crippen LogP contribution in [0.2, 0.25) is 0 Å². The van der Waals surface area contributed by atoms with Crippen LogP contribution in [0.25, 0.3) is 17.1 Å². The highest BCUT2D eigenvalue weighted by Crippen LogP contribution is 2.34. The Morgan fingerprint density at radius 3 is 2.12 bits per heavy atom. The van der Waals surface area contributed by atoms with E-state index in [2.05, 4.69) is 53.6 Å². The van der Waals surface area contributed by atoms with E-state index in [9.17, 15) is 4.79 Å². The van der Waals surface area contributed by atoms with Crippen LogP contribution in [0.3, 0.4) is 0 Å². The Labute approximate surface area is 250 Å². The molecule has 0 aliphatic carbocycles. The fraction of sp³-hybridized carbons (Fsp3) is 0.290. The summed E-state index contributed by atoms with van der Waals surface area (Å²) in [4.78, 5) is 12.7. The van der Waals surface area contributed by atoms with Gasteiger partial charge in [0.15, 0.2) is 22.5 Å². The second kappa shape index (κ2) is 13.4. The molecule has 0 radical (unpaired) electrons. The molecule has 10 nitrogen and oxygen atoms in total. The maximum atomic E-state index is 12.7. The SMILES string of the molecule is COc1ccc(-n2c(SCC(=O)NN=Cc3cc(OC)c(OC)cc3OC)nnc2-c2ccc(C(C)(C)C)cc2)cc1. The molecule has 0 aliphatic rings. The number of ether oxygens (including phenoxy) is 4. The van der Waals surface area contributed by atoms with Gasteiger partial charge >= 0.3 is 0 Å². The standard InChI is InChI=1S/C31H35N5O5S/c1-31(2,3)22-10-8-20(9-11-22)29-34-35-30(36(29)23-12-14-24(38-4)15-13-23)42-19-28(37)33-32-18-21-16-26(40-6)27(41-7)17-25(21)39-5/h8-18H,19H2,1-7H3,(H,33,37). The molecule has 0 aliphatic heterocycles. The number of thioether (sulfide) groups is 1. The van der Waals surface area contributed by atoms with Crippen LogP contribution in [0.1, 0.15) is 31.9 Å². The zero-order chi connectivity index (χ0) is 30.3. The van der Waals surface area contributed by atoms with Gasteiger partial charge in [-0.1, -0.05) is 56.8 Å². The van der Waals surface area contributed by atoms with Crippen molar-refractivity contribution in [2.45, 2.75) is 31.3 Å². The van der Waals surface area contributed by atoms with E-state index in [1.807, 2.05) is 41.0 Å². The first-order valence-corrected chi connectivity index (χ1v) is 14.1. The smallest absolute Gasteiger partial charge is 0.250 e. The third-order valence-corrected chi connectivity index (χ3v) is 7.36. The Balaban J connectivity index is 1.54. The number of benzene rings is 3. The second-order valence-corrected chi connectivity index (χ2v) is 11.1. The van der Waals surface area contributed by atoms with Crippen molar-refractivity contribution in [1.82, 2.24) is 20.2 Å². The fourth-order valence-corrected chi connectivity index (χ4v) is 4.87. The van der Waals surface area contributed by atoms with Crippen LogP contribution < -0.4 is 24.4 Å². The van der Waals surface area contributed by atoms with Gasteiger partial charge < -0.3 is 18.9 Å². The monoisotopic (exact) mass is 589 g/mol. The number of carbonyl (C=O) groups excluding carboxylic acids is 1. The number of methoxy groups -OCH3 is 4. The van der Waals surface area contributed by atoms with Gasteiger partial charge in [0.2, 0.25) is 0 Å². The van der Waals surface area contributed by atoms with E-state index in [0.29, 0.717) is 33.8 Å². The molecule has 1 amide bonds. The highest BCUT2D eigenvalue weighted by atomic mass is 32.2. The minimum atomic E-state index is -0.309. The molecule has 1 aromatic heterocycles. The van der Waals surface area contributed by atoms with Crippen LogP contribution in [-0.4, -0.2) is 61.1 Å². The van der Waals surface area contributed by atoms with Crippen molar-refractivity contribution in [3.63, 3.8) is 0 Å². The summed E-state index contributed by atoms with van der Waals surface area (Å²) in [6, 6.07) is 19.3. The Hall–Kier alpha value is -4.51. The highest BCUT2D eigenvalue weighted by molar-refractivity contribution is 7.99. The molecule has 0 atom stereocenters. The zero-order valence-corrected chi connectivity index (χ0v) is 25.6.